The van der Waals surface area contributed by atoms with E-state index in [4.69, 9.17) is 15.2 Å². The molecule has 2 aliphatic heterocycles. The number of anilines is 1. The Morgan fingerprint density at radius 3 is 2.28 bits per heavy atom. The van der Waals surface area contributed by atoms with E-state index in [1.807, 2.05) is 30.5 Å². The number of hydrogen-bond acceptors (Lipinski definition) is 5. The molecule has 2 aromatic carbocycles. The Bertz CT molecular complexity index is 1050. The molecule has 3 aromatic rings. The van der Waals surface area contributed by atoms with Gasteiger partial charge in [-0.25, -0.2) is 9.97 Å². The molecule has 0 amide bonds. The van der Waals surface area contributed by atoms with Gasteiger partial charge in [0.25, 0.3) is 0 Å². The molecular formula is C24H23N5. The molecule has 5 nitrogen and oxygen atoms in total. The van der Waals surface area contributed by atoms with Crippen molar-refractivity contribution in [2.45, 2.75) is 6.92 Å². The van der Waals surface area contributed by atoms with Crippen LogP contribution in [0, 0.1) is 30.1 Å². The van der Waals surface area contributed by atoms with Crippen molar-refractivity contribution >= 4 is 5.95 Å². The van der Waals surface area contributed by atoms with E-state index < -0.39 is 0 Å². The highest BCUT2D eigenvalue weighted by molar-refractivity contribution is 5.81. The monoisotopic (exact) mass is 381 g/mol. The third-order valence-corrected chi connectivity index (χ3v) is 6.10. The maximum absolute atomic E-state index is 9.14. The molecule has 0 bridgehead atoms. The van der Waals surface area contributed by atoms with Crippen LogP contribution >= 0.6 is 0 Å². The van der Waals surface area contributed by atoms with Crippen LogP contribution in [-0.2, 0) is 0 Å². The van der Waals surface area contributed by atoms with Gasteiger partial charge in [-0.1, -0.05) is 42.0 Å². The number of nitriles is 1. The molecular weight excluding hydrogens is 358 g/mol. The van der Waals surface area contributed by atoms with Gasteiger partial charge in [0.05, 0.1) is 17.3 Å². The average Bonchev–Trinajstić information content (AvgIpc) is 3.37. The van der Waals surface area contributed by atoms with Gasteiger partial charge in [-0.2, -0.15) is 5.26 Å². The standard InChI is InChI=1S/C24H23N5/c1-16-2-6-18(7-3-16)22-13-27-24(29-14-20-11-26-12-21(20)15-29)28-23(22)19-8-4-17(10-25)5-9-19/h2-9,13,20-21,26H,11-12,14-15H2,1H3/t20-,21+. The van der Waals surface area contributed by atoms with Crippen molar-refractivity contribution in [3.05, 3.63) is 65.9 Å². The lowest BCUT2D eigenvalue weighted by atomic mass is 9.99. The van der Waals surface area contributed by atoms with E-state index in [0.29, 0.717) is 17.4 Å². The van der Waals surface area contributed by atoms with Crippen molar-refractivity contribution in [1.82, 2.24) is 15.3 Å². The van der Waals surface area contributed by atoms with Gasteiger partial charge in [0.1, 0.15) is 0 Å². The number of fused-ring (bicyclic) bond motifs is 1. The number of nitrogens with zero attached hydrogens (tertiary/aromatic N) is 4. The third kappa shape index (κ3) is 3.37. The number of nitrogens with one attached hydrogen (secondary N) is 1. The zero-order valence-electron chi connectivity index (χ0n) is 16.5. The molecule has 0 aliphatic carbocycles. The Morgan fingerprint density at radius 1 is 0.966 bits per heavy atom. The van der Waals surface area contributed by atoms with Crippen LogP contribution in [-0.4, -0.2) is 36.1 Å². The van der Waals surface area contributed by atoms with Crippen LogP contribution in [0.25, 0.3) is 22.4 Å². The van der Waals surface area contributed by atoms with Crippen molar-refractivity contribution < 1.29 is 0 Å². The molecule has 0 saturated carbocycles. The lowest BCUT2D eigenvalue weighted by Crippen LogP contribution is -2.27. The number of hydrogen-bond donors (Lipinski definition) is 1. The van der Waals surface area contributed by atoms with Gasteiger partial charge in [0, 0.05) is 43.5 Å². The minimum Gasteiger partial charge on any atom is -0.340 e. The Hall–Kier alpha value is -3.23. The van der Waals surface area contributed by atoms with E-state index in [0.717, 1.165) is 54.5 Å². The first-order valence-electron chi connectivity index (χ1n) is 10.1. The van der Waals surface area contributed by atoms with Crippen LogP contribution in [0.2, 0.25) is 0 Å². The van der Waals surface area contributed by atoms with E-state index in [1.165, 1.54) is 5.56 Å². The molecule has 1 N–H and O–H groups in total. The molecule has 29 heavy (non-hydrogen) atoms. The molecule has 144 valence electrons. The molecule has 3 heterocycles. The highest BCUT2D eigenvalue weighted by Gasteiger charge is 2.37. The van der Waals surface area contributed by atoms with E-state index in [1.54, 1.807) is 0 Å². The zero-order valence-corrected chi connectivity index (χ0v) is 16.5. The minimum absolute atomic E-state index is 0.653. The molecule has 2 atom stereocenters. The molecule has 2 saturated heterocycles. The second-order valence-electron chi connectivity index (χ2n) is 8.07. The minimum atomic E-state index is 0.653. The number of aromatic nitrogens is 2. The van der Waals surface area contributed by atoms with Gasteiger partial charge >= 0.3 is 0 Å². The van der Waals surface area contributed by atoms with Crippen molar-refractivity contribution in [2.24, 2.45) is 11.8 Å². The molecule has 5 heteroatoms. The van der Waals surface area contributed by atoms with E-state index in [2.05, 4.69) is 47.5 Å². The fraction of sp³-hybridized carbons (Fsp3) is 0.292. The SMILES string of the molecule is Cc1ccc(-c2cnc(N3C[C@H]4CNC[C@H]4C3)nc2-c2ccc(C#N)cc2)cc1. The van der Waals surface area contributed by atoms with Crippen LogP contribution in [0.15, 0.2) is 54.7 Å². The number of rotatable bonds is 3. The van der Waals surface area contributed by atoms with Crippen LogP contribution in [0.5, 0.6) is 0 Å². The van der Waals surface area contributed by atoms with E-state index in [-0.39, 0.29) is 0 Å². The Morgan fingerprint density at radius 2 is 1.62 bits per heavy atom. The molecule has 1 aromatic heterocycles. The fourth-order valence-electron chi connectivity index (χ4n) is 4.41. The van der Waals surface area contributed by atoms with Crippen LogP contribution in [0.4, 0.5) is 5.95 Å². The predicted molar refractivity (Wildman–Crippen MR) is 114 cm³/mol. The second-order valence-corrected chi connectivity index (χ2v) is 8.07. The maximum atomic E-state index is 9.14. The highest BCUT2D eigenvalue weighted by atomic mass is 15.3. The summed E-state index contributed by atoms with van der Waals surface area (Å²) in [6.45, 7) is 6.28. The normalized spacial score (nSPS) is 20.5. The summed E-state index contributed by atoms with van der Waals surface area (Å²) in [5, 5.41) is 12.6. The summed E-state index contributed by atoms with van der Waals surface area (Å²) in [6.07, 6.45) is 1.95. The average molecular weight is 381 g/mol. The smallest absolute Gasteiger partial charge is 0.225 e. The Kier molecular flexibility index (Phi) is 4.49. The zero-order chi connectivity index (χ0) is 19.8. The first-order chi connectivity index (χ1) is 14.2. The van der Waals surface area contributed by atoms with Gasteiger partial charge in [-0.05, 0) is 36.5 Å². The first kappa shape index (κ1) is 17.8. The largest absolute Gasteiger partial charge is 0.340 e. The van der Waals surface area contributed by atoms with Crippen molar-refractivity contribution in [2.75, 3.05) is 31.1 Å². The van der Waals surface area contributed by atoms with Crippen molar-refractivity contribution in [3.8, 4) is 28.5 Å². The molecule has 2 fully saturated rings. The summed E-state index contributed by atoms with van der Waals surface area (Å²) < 4.78 is 0. The van der Waals surface area contributed by atoms with Crippen LogP contribution in [0.1, 0.15) is 11.1 Å². The fourth-order valence-corrected chi connectivity index (χ4v) is 4.41. The summed E-state index contributed by atoms with van der Waals surface area (Å²) in [7, 11) is 0. The summed E-state index contributed by atoms with van der Waals surface area (Å²) >= 11 is 0. The van der Waals surface area contributed by atoms with Gasteiger partial charge in [-0.3, -0.25) is 0 Å². The first-order valence-corrected chi connectivity index (χ1v) is 10.1. The molecule has 0 radical (unpaired) electrons. The second kappa shape index (κ2) is 7.31. The van der Waals surface area contributed by atoms with Crippen molar-refractivity contribution in [3.63, 3.8) is 0 Å². The summed E-state index contributed by atoms with van der Waals surface area (Å²) in [6, 6.07) is 18.3. The Balaban J connectivity index is 1.57. The highest BCUT2D eigenvalue weighted by Crippen LogP contribution is 2.34. The predicted octanol–water partition coefficient (Wildman–Crippen LogP) is 3.65. The lowest BCUT2D eigenvalue weighted by molar-refractivity contribution is 0.533. The number of aryl methyl sites for hydroxylation is 1. The van der Waals surface area contributed by atoms with Crippen LogP contribution in [0.3, 0.4) is 0 Å². The quantitative estimate of drug-likeness (QED) is 0.750. The molecule has 5 rings (SSSR count). The molecule has 2 aliphatic rings. The Labute approximate surface area is 171 Å². The topological polar surface area (TPSA) is 64.8 Å². The summed E-state index contributed by atoms with van der Waals surface area (Å²) in [5.74, 6) is 2.18. The van der Waals surface area contributed by atoms with Crippen molar-refractivity contribution in [1.29, 1.82) is 5.26 Å². The summed E-state index contributed by atoms with van der Waals surface area (Å²) in [4.78, 5) is 12.1. The van der Waals surface area contributed by atoms with Gasteiger partial charge in [0.2, 0.25) is 5.95 Å². The molecule has 0 unspecified atom stereocenters. The van der Waals surface area contributed by atoms with Gasteiger partial charge in [0.15, 0.2) is 0 Å². The molecule has 0 spiro atoms. The van der Waals surface area contributed by atoms with E-state index >= 15 is 0 Å². The number of benzene rings is 2. The third-order valence-electron chi connectivity index (χ3n) is 6.10. The summed E-state index contributed by atoms with van der Waals surface area (Å²) in [5.41, 5.74) is 5.91. The van der Waals surface area contributed by atoms with Gasteiger partial charge in [-0.15, -0.1) is 0 Å². The lowest BCUT2D eigenvalue weighted by Gasteiger charge is -2.19. The van der Waals surface area contributed by atoms with Gasteiger partial charge < -0.3 is 10.2 Å². The maximum Gasteiger partial charge on any atom is 0.225 e. The van der Waals surface area contributed by atoms with Crippen LogP contribution < -0.4 is 10.2 Å². The van der Waals surface area contributed by atoms with E-state index in [9.17, 15) is 0 Å².